The lowest BCUT2D eigenvalue weighted by molar-refractivity contribution is 0.349. The monoisotopic (exact) mass is 293 g/mol. The number of halogens is 1. The van der Waals surface area contributed by atoms with E-state index in [2.05, 4.69) is 38.7 Å². The van der Waals surface area contributed by atoms with E-state index in [1.165, 1.54) is 25.7 Å². The molecule has 20 heavy (non-hydrogen) atoms. The minimum absolute atomic E-state index is 0.254. The van der Waals surface area contributed by atoms with E-state index < -0.39 is 0 Å². The summed E-state index contributed by atoms with van der Waals surface area (Å²) in [6, 6.07) is 0.457. The van der Waals surface area contributed by atoms with Crippen molar-refractivity contribution in [1.82, 2.24) is 19.5 Å². The molecule has 5 nitrogen and oxygen atoms in total. The van der Waals surface area contributed by atoms with Crippen LogP contribution in [0.15, 0.2) is 6.33 Å². The van der Waals surface area contributed by atoms with E-state index in [4.69, 9.17) is 11.6 Å². The average molecular weight is 294 g/mol. The first kappa shape index (κ1) is 13.6. The molecule has 0 bridgehead atoms. The second kappa shape index (κ2) is 5.56. The maximum atomic E-state index is 6.02. The molecular weight excluding hydrogens is 274 g/mol. The molecule has 2 heterocycles. The number of anilines is 1. The van der Waals surface area contributed by atoms with Crippen LogP contribution in [-0.2, 0) is 6.54 Å². The number of rotatable bonds is 3. The third-order valence-electron chi connectivity index (χ3n) is 4.22. The number of fused-ring (bicyclic) bond motifs is 1. The molecule has 0 aliphatic heterocycles. The number of nitrogens with one attached hydrogen (secondary N) is 1. The van der Waals surface area contributed by atoms with Crippen molar-refractivity contribution in [3.05, 3.63) is 11.6 Å². The molecule has 0 radical (unpaired) electrons. The first-order valence-corrected chi connectivity index (χ1v) is 7.71. The van der Waals surface area contributed by atoms with Gasteiger partial charge in [-0.1, -0.05) is 19.8 Å². The van der Waals surface area contributed by atoms with Crippen LogP contribution in [0.1, 0.15) is 39.5 Å². The maximum Gasteiger partial charge on any atom is 0.226 e. The van der Waals surface area contributed by atoms with Gasteiger partial charge in [-0.3, -0.25) is 0 Å². The summed E-state index contributed by atoms with van der Waals surface area (Å²) in [6.45, 7) is 5.23. The van der Waals surface area contributed by atoms with Crippen LogP contribution in [0.5, 0.6) is 0 Å². The van der Waals surface area contributed by atoms with Crippen molar-refractivity contribution >= 4 is 28.6 Å². The lowest BCUT2D eigenvalue weighted by atomic mass is 9.86. The quantitative estimate of drug-likeness (QED) is 0.880. The molecule has 1 saturated carbocycles. The van der Waals surface area contributed by atoms with Crippen LogP contribution in [0.4, 0.5) is 5.82 Å². The number of hydrogen-bond donors (Lipinski definition) is 1. The normalized spacial score (nSPS) is 23.1. The molecular formula is C14H20ClN5. The minimum Gasteiger partial charge on any atom is -0.365 e. The Labute approximate surface area is 123 Å². The molecule has 0 aromatic carbocycles. The Morgan fingerprint density at radius 2 is 2.15 bits per heavy atom. The lowest BCUT2D eigenvalue weighted by Gasteiger charge is -2.30. The predicted molar refractivity (Wildman–Crippen MR) is 81.0 cm³/mol. The highest BCUT2D eigenvalue weighted by atomic mass is 35.5. The summed E-state index contributed by atoms with van der Waals surface area (Å²) in [5.41, 5.74) is 1.62. The van der Waals surface area contributed by atoms with Crippen LogP contribution in [0.2, 0.25) is 5.28 Å². The molecule has 1 N–H and O–H groups in total. The van der Waals surface area contributed by atoms with Crippen molar-refractivity contribution in [3.63, 3.8) is 0 Å². The average Bonchev–Trinajstić information content (AvgIpc) is 2.84. The Bertz CT molecular complexity index is 609. The zero-order valence-corrected chi connectivity index (χ0v) is 12.7. The van der Waals surface area contributed by atoms with Crippen LogP contribution < -0.4 is 5.32 Å². The van der Waals surface area contributed by atoms with Crippen LogP contribution >= 0.6 is 11.6 Å². The van der Waals surface area contributed by atoms with Crippen molar-refractivity contribution in [2.45, 2.75) is 52.1 Å². The zero-order chi connectivity index (χ0) is 14.1. The Morgan fingerprint density at radius 1 is 1.35 bits per heavy atom. The third-order valence-corrected chi connectivity index (χ3v) is 4.39. The van der Waals surface area contributed by atoms with Crippen LogP contribution in [0, 0.1) is 5.92 Å². The van der Waals surface area contributed by atoms with E-state index in [0.717, 1.165) is 17.9 Å². The molecule has 1 aliphatic carbocycles. The molecule has 3 rings (SSSR count). The molecule has 6 heteroatoms. The van der Waals surface area contributed by atoms with E-state index in [9.17, 15) is 0 Å². The fourth-order valence-corrected chi connectivity index (χ4v) is 3.16. The standard InChI is InChI=1S/C14H20ClN5/c1-3-20-8-16-12-11(20)13(19-14(15)18-12)17-10-7-5-4-6-9(10)2/h8-10H,3-7H2,1-2H3,(H,17,18,19). The van der Waals surface area contributed by atoms with Crippen molar-refractivity contribution in [2.75, 3.05) is 5.32 Å². The van der Waals surface area contributed by atoms with Crippen molar-refractivity contribution in [1.29, 1.82) is 0 Å². The number of aryl methyl sites for hydroxylation is 1. The Hall–Kier alpha value is -1.36. The van der Waals surface area contributed by atoms with Crippen LogP contribution in [-0.4, -0.2) is 25.6 Å². The largest absolute Gasteiger partial charge is 0.365 e. The lowest BCUT2D eigenvalue weighted by Crippen LogP contribution is -2.31. The van der Waals surface area contributed by atoms with Gasteiger partial charge in [0.1, 0.15) is 5.52 Å². The Kier molecular flexibility index (Phi) is 3.78. The molecule has 0 saturated heterocycles. The van der Waals surface area contributed by atoms with Crippen molar-refractivity contribution in [2.24, 2.45) is 5.92 Å². The topological polar surface area (TPSA) is 55.6 Å². The smallest absolute Gasteiger partial charge is 0.226 e. The highest BCUT2D eigenvalue weighted by Crippen LogP contribution is 2.29. The van der Waals surface area contributed by atoms with Gasteiger partial charge in [0.25, 0.3) is 0 Å². The van der Waals surface area contributed by atoms with Gasteiger partial charge in [0.2, 0.25) is 5.28 Å². The first-order chi connectivity index (χ1) is 9.69. The van der Waals surface area contributed by atoms with Gasteiger partial charge in [-0.15, -0.1) is 0 Å². The molecule has 2 atom stereocenters. The summed E-state index contributed by atoms with van der Waals surface area (Å²) in [5.74, 6) is 1.48. The van der Waals surface area contributed by atoms with Gasteiger partial charge >= 0.3 is 0 Å². The molecule has 108 valence electrons. The Morgan fingerprint density at radius 3 is 2.90 bits per heavy atom. The van der Waals surface area contributed by atoms with Gasteiger partial charge in [-0.2, -0.15) is 9.97 Å². The SMILES string of the molecule is CCn1cnc2nc(Cl)nc(NC3CCCCC3C)c21. The molecule has 2 unspecified atom stereocenters. The van der Waals surface area contributed by atoms with Gasteiger partial charge in [-0.25, -0.2) is 4.98 Å². The maximum absolute atomic E-state index is 6.02. The van der Waals surface area contributed by atoms with E-state index in [1.807, 2.05) is 0 Å². The molecule has 0 amide bonds. The second-order valence-electron chi connectivity index (χ2n) is 5.56. The summed E-state index contributed by atoms with van der Waals surface area (Å²) in [7, 11) is 0. The van der Waals surface area contributed by atoms with E-state index >= 15 is 0 Å². The minimum atomic E-state index is 0.254. The van der Waals surface area contributed by atoms with Gasteiger partial charge in [0, 0.05) is 12.6 Å². The first-order valence-electron chi connectivity index (χ1n) is 7.34. The molecule has 1 aliphatic rings. The fraction of sp³-hybridized carbons (Fsp3) is 0.643. The highest BCUT2D eigenvalue weighted by Gasteiger charge is 2.23. The van der Waals surface area contributed by atoms with E-state index in [1.54, 1.807) is 6.33 Å². The summed E-state index contributed by atoms with van der Waals surface area (Å²) in [6.07, 6.45) is 6.85. The van der Waals surface area contributed by atoms with Crippen LogP contribution in [0.3, 0.4) is 0 Å². The number of imidazole rings is 1. The van der Waals surface area contributed by atoms with E-state index in [0.29, 0.717) is 17.6 Å². The van der Waals surface area contributed by atoms with E-state index in [-0.39, 0.29) is 5.28 Å². The second-order valence-corrected chi connectivity index (χ2v) is 5.89. The summed E-state index contributed by atoms with van der Waals surface area (Å²) >= 11 is 6.02. The summed E-state index contributed by atoms with van der Waals surface area (Å²) in [4.78, 5) is 12.9. The van der Waals surface area contributed by atoms with Gasteiger partial charge in [0.05, 0.1) is 6.33 Å². The molecule has 1 fully saturated rings. The highest BCUT2D eigenvalue weighted by molar-refractivity contribution is 6.28. The van der Waals surface area contributed by atoms with Crippen LogP contribution in [0.25, 0.3) is 11.2 Å². The molecule has 2 aromatic rings. The number of aromatic nitrogens is 4. The Balaban J connectivity index is 1.98. The predicted octanol–water partition coefficient (Wildman–Crippen LogP) is 3.49. The van der Waals surface area contributed by atoms with Gasteiger partial charge in [0.15, 0.2) is 11.5 Å². The molecule has 0 spiro atoms. The summed E-state index contributed by atoms with van der Waals surface area (Å²) < 4.78 is 2.06. The zero-order valence-electron chi connectivity index (χ0n) is 11.9. The third kappa shape index (κ3) is 2.46. The van der Waals surface area contributed by atoms with Crippen molar-refractivity contribution in [3.8, 4) is 0 Å². The fourth-order valence-electron chi connectivity index (χ4n) is 3.00. The van der Waals surface area contributed by atoms with Gasteiger partial charge < -0.3 is 9.88 Å². The molecule has 2 aromatic heterocycles. The summed E-state index contributed by atoms with van der Waals surface area (Å²) in [5, 5.41) is 3.83. The number of hydrogen-bond acceptors (Lipinski definition) is 4. The van der Waals surface area contributed by atoms with Gasteiger partial charge in [-0.05, 0) is 37.3 Å². The van der Waals surface area contributed by atoms with Crippen molar-refractivity contribution < 1.29 is 0 Å². The number of nitrogens with zero attached hydrogens (tertiary/aromatic N) is 4.